The van der Waals surface area contributed by atoms with Gasteiger partial charge in [0.1, 0.15) is 0 Å². The summed E-state index contributed by atoms with van der Waals surface area (Å²) in [6, 6.07) is 17.5. The smallest absolute Gasteiger partial charge is 0.0155 e. The van der Waals surface area contributed by atoms with Gasteiger partial charge in [-0.1, -0.05) is 62.4 Å². The predicted molar refractivity (Wildman–Crippen MR) is 75.2 cm³/mol. The van der Waals surface area contributed by atoms with Gasteiger partial charge in [-0.05, 0) is 41.5 Å². The first kappa shape index (κ1) is 11.9. The molecular formula is C17H20. The van der Waals surface area contributed by atoms with Gasteiger partial charge in [0.05, 0.1) is 0 Å². The Balaban J connectivity index is 2.37. The minimum Gasteiger partial charge on any atom is -0.0625 e. The first-order chi connectivity index (χ1) is 8.16. The van der Waals surface area contributed by atoms with Crippen molar-refractivity contribution >= 4 is 0 Å². The zero-order valence-corrected chi connectivity index (χ0v) is 10.9. The molecule has 0 nitrogen and oxygen atoms in total. The molecule has 0 spiro atoms. The molecule has 0 saturated heterocycles. The second kappa shape index (κ2) is 5.18. The van der Waals surface area contributed by atoms with Crippen LogP contribution in [0.15, 0.2) is 48.5 Å². The molecule has 0 fully saturated rings. The quantitative estimate of drug-likeness (QED) is 0.698. The van der Waals surface area contributed by atoms with Gasteiger partial charge in [0.25, 0.3) is 0 Å². The van der Waals surface area contributed by atoms with Crippen molar-refractivity contribution in [3.05, 3.63) is 59.7 Å². The van der Waals surface area contributed by atoms with Crippen LogP contribution in [0.2, 0.25) is 0 Å². The standard InChI is InChI=1S/C17H20/c1-13(2)11-15-8-6-9-16(12-15)17-10-5-4-7-14(17)3/h4-10,12-13H,11H2,1-3H3. The highest BCUT2D eigenvalue weighted by Crippen LogP contribution is 2.24. The third-order valence-corrected chi connectivity index (χ3v) is 3.03. The topological polar surface area (TPSA) is 0 Å². The van der Waals surface area contributed by atoms with Crippen molar-refractivity contribution in [3.63, 3.8) is 0 Å². The molecule has 0 aliphatic rings. The Morgan fingerprint density at radius 1 is 0.941 bits per heavy atom. The van der Waals surface area contributed by atoms with E-state index in [1.807, 2.05) is 0 Å². The molecule has 0 radical (unpaired) electrons. The van der Waals surface area contributed by atoms with Crippen molar-refractivity contribution < 1.29 is 0 Å². The largest absolute Gasteiger partial charge is 0.0625 e. The van der Waals surface area contributed by atoms with Crippen molar-refractivity contribution in [2.45, 2.75) is 27.2 Å². The molecule has 0 saturated carbocycles. The lowest BCUT2D eigenvalue weighted by atomic mass is 9.96. The summed E-state index contributed by atoms with van der Waals surface area (Å²) in [6.07, 6.45) is 1.15. The maximum atomic E-state index is 2.32. The molecule has 0 aliphatic heterocycles. The zero-order chi connectivity index (χ0) is 12.3. The molecule has 0 heteroatoms. The van der Waals surface area contributed by atoms with E-state index >= 15 is 0 Å². The highest BCUT2D eigenvalue weighted by atomic mass is 14.1. The van der Waals surface area contributed by atoms with Gasteiger partial charge in [-0.25, -0.2) is 0 Å². The lowest BCUT2D eigenvalue weighted by Crippen LogP contribution is -1.94. The van der Waals surface area contributed by atoms with Gasteiger partial charge in [-0.15, -0.1) is 0 Å². The van der Waals surface area contributed by atoms with Gasteiger partial charge >= 0.3 is 0 Å². The predicted octanol–water partition coefficient (Wildman–Crippen LogP) is 4.86. The van der Waals surface area contributed by atoms with Crippen molar-refractivity contribution in [2.24, 2.45) is 5.92 Å². The minimum atomic E-state index is 0.710. The number of aryl methyl sites for hydroxylation is 1. The van der Waals surface area contributed by atoms with E-state index < -0.39 is 0 Å². The van der Waals surface area contributed by atoms with Crippen molar-refractivity contribution in [2.75, 3.05) is 0 Å². The van der Waals surface area contributed by atoms with Crippen LogP contribution >= 0.6 is 0 Å². The van der Waals surface area contributed by atoms with Crippen molar-refractivity contribution in [1.29, 1.82) is 0 Å². The van der Waals surface area contributed by atoms with Crippen LogP contribution in [0.3, 0.4) is 0 Å². The Morgan fingerprint density at radius 2 is 1.71 bits per heavy atom. The summed E-state index contributed by atoms with van der Waals surface area (Å²) < 4.78 is 0. The molecule has 2 rings (SSSR count). The summed E-state index contributed by atoms with van der Waals surface area (Å²) in [5.41, 5.74) is 5.45. The Bertz CT molecular complexity index is 495. The average Bonchev–Trinajstić information content (AvgIpc) is 2.29. The maximum Gasteiger partial charge on any atom is -0.0155 e. The summed E-state index contributed by atoms with van der Waals surface area (Å²) in [6.45, 7) is 6.70. The molecule has 0 atom stereocenters. The third-order valence-electron chi connectivity index (χ3n) is 3.03. The van der Waals surface area contributed by atoms with Crippen LogP contribution in [0, 0.1) is 12.8 Å². The second-order valence-electron chi connectivity index (χ2n) is 5.11. The van der Waals surface area contributed by atoms with Gasteiger partial charge in [-0.3, -0.25) is 0 Å². The van der Waals surface area contributed by atoms with Gasteiger partial charge in [0.2, 0.25) is 0 Å². The molecule has 0 amide bonds. The first-order valence-corrected chi connectivity index (χ1v) is 6.32. The fourth-order valence-electron chi connectivity index (χ4n) is 2.23. The first-order valence-electron chi connectivity index (χ1n) is 6.32. The van der Waals surface area contributed by atoms with Crippen LogP contribution in [0.5, 0.6) is 0 Å². The average molecular weight is 224 g/mol. The monoisotopic (exact) mass is 224 g/mol. The molecule has 0 aliphatic carbocycles. The zero-order valence-electron chi connectivity index (χ0n) is 10.9. The SMILES string of the molecule is Cc1ccccc1-c1cccc(CC(C)C)c1. The second-order valence-corrected chi connectivity index (χ2v) is 5.11. The van der Waals surface area contributed by atoms with E-state index in [1.54, 1.807) is 0 Å². The van der Waals surface area contributed by atoms with E-state index in [1.165, 1.54) is 22.3 Å². The van der Waals surface area contributed by atoms with Crippen LogP contribution < -0.4 is 0 Å². The molecule has 0 N–H and O–H groups in total. The molecular weight excluding hydrogens is 204 g/mol. The minimum absolute atomic E-state index is 0.710. The number of hydrogen-bond donors (Lipinski definition) is 0. The highest BCUT2D eigenvalue weighted by Gasteiger charge is 2.03. The van der Waals surface area contributed by atoms with Crippen LogP contribution in [-0.2, 0) is 6.42 Å². The Morgan fingerprint density at radius 3 is 2.41 bits per heavy atom. The fraction of sp³-hybridized carbons (Fsp3) is 0.294. The van der Waals surface area contributed by atoms with Gasteiger partial charge < -0.3 is 0 Å². The molecule has 0 heterocycles. The van der Waals surface area contributed by atoms with Gasteiger partial charge in [0.15, 0.2) is 0 Å². The summed E-state index contributed by atoms with van der Waals surface area (Å²) in [7, 11) is 0. The van der Waals surface area contributed by atoms with E-state index in [0.29, 0.717) is 5.92 Å². The van der Waals surface area contributed by atoms with Crippen LogP contribution in [-0.4, -0.2) is 0 Å². The Hall–Kier alpha value is -1.56. The molecule has 2 aromatic carbocycles. The lowest BCUT2D eigenvalue weighted by molar-refractivity contribution is 0.647. The van der Waals surface area contributed by atoms with Crippen LogP contribution in [0.1, 0.15) is 25.0 Å². The van der Waals surface area contributed by atoms with E-state index in [9.17, 15) is 0 Å². The normalized spacial score (nSPS) is 10.8. The summed E-state index contributed by atoms with van der Waals surface area (Å²) >= 11 is 0. The maximum absolute atomic E-state index is 2.32. The molecule has 88 valence electrons. The third kappa shape index (κ3) is 2.97. The van der Waals surface area contributed by atoms with Crippen molar-refractivity contribution in [3.8, 4) is 11.1 Å². The summed E-state index contributed by atoms with van der Waals surface area (Å²) in [5, 5.41) is 0. The summed E-state index contributed by atoms with van der Waals surface area (Å²) in [5.74, 6) is 0.710. The molecule has 0 unspecified atom stereocenters. The van der Waals surface area contributed by atoms with Crippen molar-refractivity contribution in [1.82, 2.24) is 0 Å². The molecule has 0 bridgehead atoms. The lowest BCUT2D eigenvalue weighted by Gasteiger charge is -2.09. The van der Waals surface area contributed by atoms with Gasteiger partial charge in [0, 0.05) is 0 Å². The Labute approximate surface area is 104 Å². The highest BCUT2D eigenvalue weighted by molar-refractivity contribution is 5.67. The van der Waals surface area contributed by atoms with E-state index in [-0.39, 0.29) is 0 Å². The fourth-order valence-corrected chi connectivity index (χ4v) is 2.23. The molecule has 17 heavy (non-hydrogen) atoms. The molecule has 2 aromatic rings. The number of benzene rings is 2. The van der Waals surface area contributed by atoms with E-state index in [4.69, 9.17) is 0 Å². The Kier molecular flexibility index (Phi) is 3.63. The van der Waals surface area contributed by atoms with E-state index in [2.05, 4.69) is 69.3 Å². The molecule has 0 aromatic heterocycles. The number of hydrogen-bond acceptors (Lipinski definition) is 0. The van der Waals surface area contributed by atoms with Crippen LogP contribution in [0.4, 0.5) is 0 Å². The van der Waals surface area contributed by atoms with E-state index in [0.717, 1.165) is 6.42 Å². The van der Waals surface area contributed by atoms with Crippen LogP contribution in [0.25, 0.3) is 11.1 Å². The van der Waals surface area contributed by atoms with Gasteiger partial charge in [-0.2, -0.15) is 0 Å². The number of rotatable bonds is 3. The summed E-state index contributed by atoms with van der Waals surface area (Å²) in [4.78, 5) is 0.